The van der Waals surface area contributed by atoms with Crippen molar-refractivity contribution >= 4 is 0 Å². The van der Waals surface area contributed by atoms with Crippen LogP contribution in [0, 0.1) is 0 Å². The van der Waals surface area contributed by atoms with Gasteiger partial charge >= 0.3 is 0 Å². The third-order valence-corrected chi connectivity index (χ3v) is 2.25. The molecule has 1 aliphatic rings. The Balaban J connectivity index is 2.65. The normalized spacial score (nSPS) is 42.2. The van der Waals surface area contributed by atoms with Crippen LogP contribution in [-0.4, -0.2) is 63.8 Å². The number of ether oxygens (including phenoxy) is 2. The highest BCUT2D eigenvalue weighted by molar-refractivity contribution is 4.88. The van der Waals surface area contributed by atoms with Crippen molar-refractivity contribution in [3.63, 3.8) is 0 Å². The van der Waals surface area contributed by atoms with E-state index in [-0.39, 0.29) is 6.10 Å². The molecule has 0 spiro atoms. The Bertz CT molecular complexity index is 195. The van der Waals surface area contributed by atoms with Crippen LogP contribution in [0.3, 0.4) is 0 Å². The summed E-state index contributed by atoms with van der Waals surface area (Å²) in [6.07, 6.45) is -6.15. The summed E-state index contributed by atoms with van der Waals surface area (Å²) in [5.74, 6) is 0. The van der Waals surface area contributed by atoms with Crippen LogP contribution in [0.2, 0.25) is 0 Å². The second-order valence-electron chi connectivity index (χ2n) is 3.88. The largest absolute Gasteiger partial charge is 0.394 e. The van der Waals surface area contributed by atoms with E-state index in [0.29, 0.717) is 0 Å². The quantitative estimate of drug-likeness (QED) is 0.450. The van der Waals surface area contributed by atoms with E-state index >= 15 is 0 Å². The maximum absolute atomic E-state index is 9.53. The summed E-state index contributed by atoms with van der Waals surface area (Å²) in [4.78, 5) is 0. The lowest BCUT2D eigenvalue weighted by atomic mass is 9.99. The van der Waals surface area contributed by atoms with Crippen LogP contribution >= 0.6 is 0 Å². The van der Waals surface area contributed by atoms with Gasteiger partial charge in [0.1, 0.15) is 24.4 Å². The molecule has 0 saturated carbocycles. The lowest BCUT2D eigenvalue weighted by molar-refractivity contribution is -0.308. The van der Waals surface area contributed by atoms with E-state index < -0.39 is 37.3 Å². The minimum absolute atomic E-state index is 0.188. The Morgan fingerprint density at radius 3 is 2.20 bits per heavy atom. The minimum Gasteiger partial charge on any atom is -0.394 e. The van der Waals surface area contributed by atoms with E-state index in [1.807, 2.05) is 0 Å². The van der Waals surface area contributed by atoms with Gasteiger partial charge in [0.2, 0.25) is 0 Å². The number of hydrogen-bond donors (Lipinski definition) is 4. The van der Waals surface area contributed by atoms with Crippen molar-refractivity contribution in [3.8, 4) is 0 Å². The van der Waals surface area contributed by atoms with Crippen LogP contribution < -0.4 is 0 Å². The summed E-state index contributed by atoms with van der Waals surface area (Å²) in [5.41, 5.74) is 0. The number of rotatable bonds is 3. The van der Waals surface area contributed by atoms with E-state index in [0.717, 1.165) is 0 Å². The zero-order valence-corrected chi connectivity index (χ0v) is 8.78. The highest BCUT2D eigenvalue weighted by Gasteiger charge is 2.44. The van der Waals surface area contributed by atoms with Crippen LogP contribution in [0.4, 0.5) is 0 Å². The Morgan fingerprint density at radius 2 is 1.73 bits per heavy atom. The van der Waals surface area contributed by atoms with E-state index in [4.69, 9.17) is 14.6 Å². The van der Waals surface area contributed by atoms with Gasteiger partial charge in [-0.1, -0.05) is 0 Å². The maximum Gasteiger partial charge on any atom is 0.186 e. The molecule has 0 bridgehead atoms. The monoisotopic (exact) mass is 222 g/mol. The van der Waals surface area contributed by atoms with Crippen LogP contribution in [0.25, 0.3) is 0 Å². The average molecular weight is 222 g/mol. The topological polar surface area (TPSA) is 99.4 Å². The minimum atomic E-state index is -1.38. The van der Waals surface area contributed by atoms with Crippen molar-refractivity contribution in [3.05, 3.63) is 0 Å². The fourth-order valence-corrected chi connectivity index (χ4v) is 1.45. The molecule has 6 heteroatoms. The number of hydrogen-bond acceptors (Lipinski definition) is 6. The molecule has 15 heavy (non-hydrogen) atoms. The van der Waals surface area contributed by atoms with Crippen molar-refractivity contribution in [1.29, 1.82) is 0 Å². The molecule has 0 aromatic heterocycles. The molecular weight excluding hydrogens is 204 g/mol. The van der Waals surface area contributed by atoms with Gasteiger partial charge in [0.15, 0.2) is 6.29 Å². The van der Waals surface area contributed by atoms with Gasteiger partial charge in [0, 0.05) is 0 Å². The predicted octanol–water partition coefficient (Wildman–Crippen LogP) is -1.79. The molecule has 0 aromatic rings. The van der Waals surface area contributed by atoms with Crippen molar-refractivity contribution < 1.29 is 29.9 Å². The van der Waals surface area contributed by atoms with E-state index in [9.17, 15) is 15.3 Å². The van der Waals surface area contributed by atoms with Gasteiger partial charge < -0.3 is 29.9 Å². The second kappa shape index (κ2) is 5.20. The van der Waals surface area contributed by atoms with Crippen LogP contribution in [0.5, 0.6) is 0 Å². The molecule has 6 nitrogen and oxygen atoms in total. The molecule has 4 N–H and O–H groups in total. The van der Waals surface area contributed by atoms with Crippen molar-refractivity contribution in [2.75, 3.05) is 6.61 Å². The highest BCUT2D eigenvalue weighted by Crippen LogP contribution is 2.22. The first-order valence-corrected chi connectivity index (χ1v) is 4.93. The van der Waals surface area contributed by atoms with Gasteiger partial charge in [-0.05, 0) is 13.8 Å². The fourth-order valence-electron chi connectivity index (χ4n) is 1.45. The Morgan fingerprint density at radius 1 is 1.13 bits per heavy atom. The molecule has 0 aliphatic carbocycles. The van der Waals surface area contributed by atoms with E-state index in [1.165, 1.54) is 0 Å². The van der Waals surface area contributed by atoms with E-state index in [2.05, 4.69) is 0 Å². The van der Waals surface area contributed by atoms with Crippen molar-refractivity contribution in [2.45, 2.75) is 50.7 Å². The fraction of sp³-hybridized carbons (Fsp3) is 1.00. The summed E-state index contributed by atoms with van der Waals surface area (Å²) in [6, 6.07) is 0. The lowest BCUT2D eigenvalue weighted by Crippen LogP contribution is -2.59. The third kappa shape index (κ3) is 2.87. The molecule has 1 rings (SSSR count). The molecule has 1 heterocycles. The molecule has 1 fully saturated rings. The van der Waals surface area contributed by atoms with Gasteiger partial charge in [-0.3, -0.25) is 0 Å². The molecular formula is C9H18O6. The molecule has 0 radical (unpaired) electrons. The second-order valence-corrected chi connectivity index (χ2v) is 3.88. The zero-order valence-electron chi connectivity index (χ0n) is 8.78. The number of aliphatic hydroxyl groups excluding tert-OH is 4. The molecule has 0 aromatic carbocycles. The Kier molecular flexibility index (Phi) is 4.45. The molecule has 1 aliphatic heterocycles. The Hall–Kier alpha value is -0.240. The van der Waals surface area contributed by atoms with Crippen molar-refractivity contribution in [1.82, 2.24) is 0 Å². The maximum atomic E-state index is 9.53. The molecule has 0 amide bonds. The summed E-state index contributed by atoms with van der Waals surface area (Å²) < 4.78 is 10.3. The van der Waals surface area contributed by atoms with E-state index in [1.54, 1.807) is 13.8 Å². The number of aliphatic hydroxyl groups is 4. The van der Waals surface area contributed by atoms with Gasteiger partial charge in [-0.25, -0.2) is 0 Å². The SMILES string of the molecule is CC(C)O[C@H]1OC(CO)[C@H](O)[C@H](O)C1O. The summed E-state index contributed by atoms with van der Waals surface area (Å²) >= 11 is 0. The van der Waals surface area contributed by atoms with Gasteiger partial charge in [0.25, 0.3) is 0 Å². The van der Waals surface area contributed by atoms with Crippen molar-refractivity contribution in [2.24, 2.45) is 0 Å². The Labute approximate surface area is 88.1 Å². The predicted molar refractivity (Wildman–Crippen MR) is 50.0 cm³/mol. The van der Waals surface area contributed by atoms with Gasteiger partial charge in [-0.15, -0.1) is 0 Å². The first-order valence-electron chi connectivity index (χ1n) is 4.93. The first-order chi connectivity index (χ1) is 6.97. The summed E-state index contributed by atoms with van der Waals surface area (Å²) in [6.45, 7) is 3.06. The molecule has 1 saturated heterocycles. The van der Waals surface area contributed by atoms with Gasteiger partial charge in [-0.2, -0.15) is 0 Å². The molecule has 2 unspecified atom stereocenters. The molecule has 90 valence electrons. The summed E-state index contributed by atoms with van der Waals surface area (Å²) in [7, 11) is 0. The van der Waals surface area contributed by atoms with Crippen LogP contribution in [0.1, 0.15) is 13.8 Å². The lowest BCUT2D eigenvalue weighted by Gasteiger charge is -2.40. The van der Waals surface area contributed by atoms with Crippen LogP contribution in [0.15, 0.2) is 0 Å². The van der Waals surface area contributed by atoms with Crippen LogP contribution in [-0.2, 0) is 9.47 Å². The molecule has 5 atom stereocenters. The first kappa shape index (κ1) is 12.8. The summed E-state index contributed by atoms with van der Waals surface area (Å²) in [5, 5.41) is 37.3. The standard InChI is InChI=1S/C9H18O6/c1-4(2)14-9-8(13)7(12)6(11)5(3-10)15-9/h4-13H,3H2,1-2H3/t5?,6-,7-,8?,9-/m0/s1. The third-order valence-electron chi connectivity index (χ3n) is 2.25. The average Bonchev–Trinajstić information content (AvgIpc) is 2.18. The highest BCUT2D eigenvalue weighted by atomic mass is 16.7. The van der Waals surface area contributed by atoms with Gasteiger partial charge in [0.05, 0.1) is 12.7 Å². The zero-order chi connectivity index (χ0) is 11.6. The smallest absolute Gasteiger partial charge is 0.186 e.